The lowest BCUT2D eigenvalue weighted by Crippen LogP contribution is -2.43. The van der Waals surface area contributed by atoms with Gasteiger partial charge in [-0.2, -0.15) is 0 Å². The number of likely N-dealkylation sites (N-methyl/N-ethyl adjacent to an activating group) is 1. The van der Waals surface area contributed by atoms with Gasteiger partial charge in [0.05, 0.1) is 6.04 Å². The van der Waals surface area contributed by atoms with E-state index >= 15 is 0 Å². The predicted molar refractivity (Wildman–Crippen MR) is 67.4 cm³/mol. The zero-order valence-electron chi connectivity index (χ0n) is 11.0. The summed E-state index contributed by atoms with van der Waals surface area (Å²) in [5.41, 5.74) is 0. The van der Waals surface area contributed by atoms with Crippen molar-refractivity contribution in [1.29, 1.82) is 0 Å². The topological polar surface area (TPSA) is 32.3 Å². The number of likely N-dealkylation sites (tertiary alicyclic amines) is 1. The Bertz CT molecular complexity index is 218. The van der Waals surface area contributed by atoms with E-state index in [9.17, 15) is 4.79 Å². The maximum absolute atomic E-state index is 11.8. The summed E-state index contributed by atoms with van der Waals surface area (Å²) in [5.74, 6) is 0.276. The van der Waals surface area contributed by atoms with Gasteiger partial charge >= 0.3 is 0 Å². The summed E-state index contributed by atoms with van der Waals surface area (Å²) in [6, 6.07) is 0.615. The van der Waals surface area contributed by atoms with Crippen LogP contribution in [0.25, 0.3) is 0 Å². The second-order valence-corrected chi connectivity index (χ2v) is 4.90. The Morgan fingerprint density at radius 1 is 1.38 bits per heavy atom. The van der Waals surface area contributed by atoms with Crippen molar-refractivity contribution in [1.82, 2.24) is 10.2 Å². The molecule has 2 unspecified atom stereocenters. The molecule has 1 saturated heterocycles. The zero-order chi connectivity index (χ0) is 12.0. The van der Waals surface area contributed by atoms with E-state index in [1.54, 1.807) is 0 Å². The van der Waals surface area contributed by atoms with Crippen molar-refractivity contribution in [3.63, 3.8) is 0 Å². The first-order chi connectivity index (χ1) is 7.69. The number of carbonyl (C=O) groups is 1. The number of nitrogens with one attached hydrogen (secondary N) is 1. The van der Waals surface area contributed by atoms with Gasteiger partial charge in [-0.25, -0.2) is 0 Å². The van der Waals surface area contributed by atoms with E-state index in [0.717, 1.165) is 13.0 Å². The van der Waals surface area contributed by atoms with Gasteiger partial charge in [-0.3, -0.25) is 4.79 Å². The summed E-state index contributed by atoms with van der Waals surface area (Å²) in [6.45, 7) is 5.34. The van der Waals surface area contributed by atoms with Crippen LogP contribution in [0.1, 0.15) is 52.4 Å². The molecule has 0 spiro atoms. The smallest absolute Gasteiger partial charge is 0.239 e. The number of rotatable bonds is 7. The third kappa shape index (κ3) is 3.78. The molecule has 0 aromatic carbocycles. The van der Waals surface area contributed by atoms with Gasteiger partial charge < -0.3 is 10.2 Å². The number of nitrogens with zero attached hydrogens (tertiary/aromatic N) is 1. The Labute approximate surface area is 99.6 Å². The molecule has 0 aromatic rings. The SMILES string of the molecule is CCCCC(CCC)NC1CCN(C)C1=O. The summed E-state index contributed by atoms with van der Waals surface area (Å²) in [7, 11) is 1.89. The molecule has 0 saturated carbocycles. The van der Waals surface area contributed by atoms with Gasteiger partial charge in [0.15, 0.2) is 0 Å². The van der Waals surface area contributed by atoms with Crippen LogP contribution in [0.4, 0.5) is 0 Å². The summed E-state index contributed by atoms with van der Waals surface area (Å²) >= 11 is 0. The fourth-order valence-electron chi connectivity index (χ4n) is 2.37. The number of hydrogen-bond donors (Lipinski definition) is 1. The average molecular weight is 226 g/mol. The highest BCUT2D eigenvalue weighted by molar-refractivity contribution is 5.83. The number of unbranched alkanes of at least 4 members (excludes halogenated alkanes) is 1. The molecule has 0 radical (unpaired) electrons. The van der Waals surface area contributed by atoms with Gasteiger partial charge in [-0.1, -0.05) is 33.1 Å². The molecule has 3 nitrogen and oxygen atoms in total. The van der Waals surface area contributed by atoms with Gasteiger partial charge in [0.2, 0.25) is 5.91 Å². The minimum Gasteiger partial charge on any atom is -0.344 e. The Balaban J connectivity index is 2.38. The van der Waals surface area contributed by atoms with Crippen LogP contribution in [-0.4, -0.2) is 36.5 Å². The van der Waals surface area contributed by atoms with Gasteiger partial charge in [0.1, 0.15) is 0 Å². The monoisotopic (exact) mass is 226 g/mol. The van der Waals surface area contributed by atoms with Crippen molar-refractivity contribution in [2.24, 2.45) is 0 Å². The molecule has 1 fully saturated rings. The molecule has 94 valence electrons. The van der Waals surface area contributed by atoms with E-state index in [1.807, 2.05) is 11.9 Å². The molecule has 1 aliphatic heterocycles. The Kier molecular flexibility index (Phi) is 5.81. The molecule has 1 N–H and O–H groups in total. The molecule has 0 bridgehead atoms. The summed E-state index contributed by atoms with van der Waals surface area (Å²) < 4.78 is 0. The normalized spacial score (nSPS) is 22.8. The lowest BCUT2D eigenvalue weighted by Gasteiger charge is -2.21. The Morgan fingerprint density at radius 3 is 2.62 bits per heavy atom. The van der Waals surface area contributed by atoms with Crippen molar-refractivity contribution in [3.8, 4) is 0 Å². The lowest BCUT2D eigenvalue weighted by atomic mass is 10.0. The summed E-state index contributed by atoms with van der Waals surface area (Å²) in [5, 5.41) is 3.54. The molecular formula is C13H26N2O. The highest BCUT2D eigenvalue weighted by Gasteiger charge is 2.30. The van der Waals surface area contributed by atoms with Crippen molar-refractivity contribution < 1.29 is 4.79 Å². The van der Waals surface area contributed by atoms with Crippen LogP contribution in [0, 0.1) is 0 Å². The molecule has 1 amide bonds. The first kappa shape index (κ1) is 13.5. The molecule has 0 aliphatic carbocycles. The van der Waals surface area contributed by atoms with Crippen LogP contribution in [0.5, 0.6) is 0 Å². The average Bonchev–Trinajstić information content (AvgIpc) is 2.58. The van der Waals surface area contributed by atoms with E-state index < -0.39 is 0 Å². The highest BCUT2D eigenvalue weighted by Crippen LogP contribution is 2.13. The first-order valence-electron chi connectivity index (χ1n) is 6.70. The molecule has 3 heteroatoms. The van der Waals surface area contributed by atoms with E-state index in [-0.39, 0.29) is 11.9 Å². The highest BCUT2D eigenvalue weighted by atomic mass is 16.2. The van der Waals surface area contributed by atoms with Crippen LogP contribution < -0.4 is 5.32 Å². The van der Waals surface area contributed by atoms with Gasteiger partial charge in [0.25, 0.3) is 0 Å². The molecule has 0 aromatic heterocycles. The molecule has 2 atom stereocenters. The van der Waals surface area contributed by atoms with Gasteiger partial charge in [-0.05, 0) is 19.3 Å². The molecule has 1 heterocycles. The van der Waals surface area contributed by atoms with Crippen molar-refractivity contribution >= 4 is 5.91 Å². The Hall–Kier alpha value is -0.570. The van der Waals surface area contributed by atoms with Crippen LogP contribution in [-0.2, 0) is 4.79 Å². The largest absolute Gasteiger partial charge is 0.344 e. The fourth-order valence-corrected chi connectivity index (χ4v) is 2.37. The second-order valence-electron chi connectivity index (χ2n) is 4.90. The number of carbonyl (C=O) groups excluding carboxylic acids is 1. The lowest BCUT2D eigenvalue weighted by molar-refractivity contribution is -0.128. The number of amides is 1. The fraction of sp³-hybridized carbons (Fsp3) is 0.923. The maximum Gasteiger partial charge on any atom is 0.239 e. The van der Waals surface area contributed by atoms with Gasteiger partial charge in [0, 0.05) is 19.6 Å². The van der Waals surface area contributed by atoms with Crippen molar-refractivity contribution in [2.75, 3.05) is 13.6 Å². The predicted octanol–water partition coefficient (Wildman–Crippen LogP) is 2.17. The van der Waals surface area contributed by atoms with Crippen LogP contribution in [0.2, 0.25) is 0 Å². The standard InChI is InChI=1S/C13H26N2O/c1-4-6-8-11(7-5-2)14-12-9-10-15(3)13(12)16/h11-12,14H,4-10H2,1-3H3. The van der Waals surface area contributed by atoms with E-state index in [1.165, 1.54) is 32.1 Å². The maximum atomic E-state index is 11.8. The number of hydrogen-bond acceptors (Lipinski definition) is 2. The summed E-state index contributed by atoms with van der Waals surface area (Å²) in [6.07, 6.45) is 7.06. The summed E-state index contributed by atoms with van der Waals surface area (Å²) in [4.78, 5) is 13.6. The quantitative estimate of drug-likeness (QED) is 0.721. The second kappa shape index (κ2) is 6.89. The zero-order valence-corrected chi connectivity index (χ0v) is 11.0. The van der Waals surface area contributed by atoms with Gasteiger partial charge in [-0.15, -0.1) is 0 Å². The van der Waals surface area contributed by atoms with Crippen molar-refractivity contribution in [2.45, 2.75) is 64.5 Å². The molecular weight excluding hydrogens is 200 g/mol. The minimum absolute atomic E-state index is 0.0819. The Morgan fingerprint density at radius 2 is 2.12 bits per heavy atom. The van der Waals surface area contributed by atoms with Crippen LogP contribution in [0.15, 0.2) is 0 Å². The molecule has 1 rings (SSSR count). The van der Waals surface area contributed by atoms with E-state index in [0.29, 0.717) is 6.04 Å². The third-order valence-electron chi connectivity index (χ3n) is 3.41. The third-order valence-corrected chi connectivity index (χ3v) is 3.41. The van der Waals surface area contributed by atoms with E-state index in [4.69, 9.17) is 0 Å². The molecule has 16 heavy (non-hydrogen) atoms. The van der Waals surface area contributed by atoms with Crippen LogP contribution >= 0.6 is 0 Å². The van der Waals surface area contributed by atoms with Crippen LogP contribution in [0.3, 0.4) is 0 Å². The minimum atomic E-state index is 0.0819. The first-order valence-corrected chi connectivity index (χ1v) is 6.70. The van der Waals surface area contributed by atoms with E-state index in [2.05, 4.69) is 19.2 Å². The van der Waals surface area contributed by atoms with Crippen molar-refractivity contribution in [3.05, 3.63) is 0 Å². The molecule has 1 aliphatic rings.